The molecule has 0 bridgehead atoms. The molecule has 0 saturated carbocycles. The molecule has 0 unspecified atom stereocenters. The Morgan fingerprint density at radius 3 is 2.70 bits per heavy atom. The summed E-state index contributed by atoms with van der Waals surface area (Å²) in [5, 5.41) is 16.0. The van der Waals surface area contributed by atoms with Crippen molar-refractivity contribution in [2.45, 2.75) is 5.16 Å². The van der Waals surface area contributed by atoms with Gasteiger partial charge in [-0.25, -0.2) is 5.43 Å². The summed E-state index contributed by atoms with van der Waals surface area (Å²) in [5.41, 5.74) is 4.42. The number of amides is 1. The number of halogens is 1. The maximum atomic E-state index is 12.2. The highest BCUT2D eigenvalue weighted by atomic mass is 35.5. The zero-order valence-corrected chi connectivity index (χ0v) is 17.7. The lowest BCUT2D eigenvalue weighted by atomic mass is 10.1. The summed E-state index contributed by atoms with van der Waals surface area (Å²) in [5.74, 6) is 0.676. The molecule has 0 atom stereocenters. The van der Waals surface area contributed by atoms with E-state index in [0.29, 0.717) is 16.0 Å². The van der Waals surface area contributed by atoms with E-state index in [4.69, 9.17) is 11.6 Å². The lowest BCUT2D eigenvalue weighted by molar-refractivity contribution is -0.118. The van der Waals surface area contributed by atoms with Crippen LogP contribution in [0.2, 0.25) is 5.02 Å². The number of carbonyl (C=O) groups excluding carboxylic acids is 1. The minimum atomic E-state index is -0.215. The number of aromatic nitrogens is 3. The standard InChI is InChI=1S/C22H18ClN5OS/c1-28-21(16-9-11-18(23)12-10-16)26-27-22(28)30-14-20(29)25-24-13-17-7-4-6-15-5-2-3-8-19(15)17/h2-13H,14H2,1H3,(H,25,29)/b24-13-. The molecule has 0 fully saturated rings. The molecule has 0 spiro atoms. The molecule has 0 radical (unpaired) electrons. The molecule has 0 saturated heterocycles. The lowest BCUT2D eigenvalue weighted by Gasteiger charge is -2.04. The largest absolute Gasteiger partial charge is 0.305 e. The van der Waals surface area contributed by atoms with Crippen molar-refractivity contribution in [2.24, 2.45) is 12.1 Å². The third-order valence-electron chi connectivity index (χ3n) is 4.49. The van der Waals surface area contributed by atoms with Gasteiger partial charge in [-0.15, -0.1) is 10.2 Å². The second-order valence-electron chi connectivity index (χ2n) is 6.52. The molecule has 1 N–H and O–H groups in total. The topological polar surface area (TPSA) is 72.2 Å². The van der Waals surface area contributed by atoms with Gasteiger partial charge in [-0.2, -0.15) is 5.10 Å². The predicted molar refractivity (Wildman–Crippen MR) is 122 cm³/mol. The van der Waals surface area contributed by atoms with Gasteiger partial charge in [0.15, 0.2) is 11.0 Å². The van der Waals surface area contributed by atoms with Crippen molar-refractivity contribution in [3.8, 4) is 11.4 Å². The summed E-state index contributed by atoms with van der Waals surface area (Å²) in [6.45, 7) is 0. The summed E-state index contributed by atoms with van der Waals surface area (Å²) < 4.78 is 1.85. The van der Waals surface area contributed by atoms with E-state index >= 15 is 0 Å². The fraction of sp³-hybridized carbons (Fsp3) is 0.0909. The average molecular weight is 436 g/mol. The molecule has 0 aliphatic heterocycles. The van der Waals surface area contributed by atoms with Gasteiger partial charge >= 0.3 is 0 Å². The van der Waals surface area contributed by atoms with E-state index in [2.05, 4.69) is 20.7 Å². The number of nitrogens with zero attached hydrogens (tertiary/aromatic N) is 4. The summed E-state index contributed by atoms with van der Waals surface area (Å²) in [6.07, 6.45) is 1.66. The Morgan fingerprint density at radius 1 is 1.10 bits per heavy atom. The first-order valence-corrected chi connectivity index (χ1v) is 10.6. The molecule has 1 heterocycles. The van der Waals surface area contributed by atoms with Crippen molar-refractivity contribution in [1.82, 2.24) is 20.2 Å². The molecule has 150 valence electrons. The van der Waals surface area contributed by atoms with E-state index in [1.807, 2.05) is 66.2 Å². The highest BCUT2D eigenvalue weighted by Gasteiger charge is 2.12. The van der Waals surface area contributed by atoms with Gasteiger partial charge in [0.1, 0.15) is 0 Å². The van der Waals surface area contributed by atoms with Gasteiger partial charge in [-0.3, -0.25) is 4.79 Å². The Kier molecular flexibility index (Phi) is 6.11. The molecule has 30 heavy (non-hydrogen) atoms. The first-order chi connectivity index (χ1) is 14.6. The van der Waals surface area contributed by atoms with Crippen molar-refractivity contribution in [2.75, 3.05) is 5.75 Å². The van der Waals surface area contributed by atoms with Crippen LogP contribution in [-0.4, -0.2) is 32.6 Å². The summed E-state index contributed by atoms with van der Waals surface area (Å²) in [6, 6.07) is 21.4. The minimum absolute atomic E-state index is 0.180. The van der Waals surface area contributed by atoms with Gasteiger partial charge in [0.2, 0.25) is 0 Å². The van der Waals surface area contributed by atoms with E-state index in [1.54, 1.807) is 18.3 Å². The van der Waals surface area contributed by atoms with E-state index in [1.165, 1.54) is 11.8 Å². The SMILES string of the molecule is Cn1c(SCC(=O)N/N=C\c2cccc3ccccc23)nnc1-c1ccc(Cl)cc1. The fourth-order valence-corrected chi connectivity index (χ4v) is 3.82. The number of hydrogen-bond acceptors (Lipinski definition) is 5. The molecule has 4 rings (SSSR count). The molecule has 1 aromatic heterocycles. The van der Waals surface area contributed by atoms with E-state index in [0.717, 1.165) is 21.9 Å². The molecule has 3 aromatic carbocycles. The number of fused-ring (bicyclic) bond motifs is 1. The number of hydrogen-bond donors (Lipinski definition) is 1. The summed E-state index contributed by atoms with van der Waals surface area (Å²) in [7, 11) is 1.86. The molecule has 0 aliphatic rings. The van der Waals surface area contributed by atoms with Crippen LogP contribution in [0.1, 0.15) is 5.56 Å². The smallest absolute Gasteiger partial charge is 0.250 e. The number of nitrogens with one attached hydrogen (secondary N) is 1. The molecule has 4 aromatic rings. The van der Waals surface area contributed by atoms with Gasteiger partial charge in [-0.1, -0.05) is 65.8 Å². The van der Waals surface area contributed by atoms with Gasteiger partial charge < -0.3 is 4.57 Å². The summed E-state index contributed by atoms with van der Waals surface area (Å²) in [4.78, 5) is 12.2. The fourth-order valence-electron chi connectivity index (χ4n) is 2.99. The number of benzene rings is 3. The van der Waals surface area contributed by atoms with Crippen molar-refractivity contribution in [3.63, 3.8) is 0 Å². The molecule has 1 amide bonds. The van der Waals surface area contributed by atoms with Gasteiger partial charge in [0.05, 0.1) is 12.0 Å². The number of hydrazone groups is 1. The third-order valence-corrected chi connectivity index (χ3v) is 5.76. The van der Waals surface area contributed by atoms with Crippen LogP contribution >= 0.6 is 23.4 Å². The van der Waals surface area contributed by atoms with Crippen LogP contribution in [0.4, 0.5) is 0 Å². The van der Waals surface area contributed by atoms with E-state index in [9.17, 15) is 4.79 Å². The molecule has 8 heteroatoms. The van der Waals surface area contributed by atoms with Crippen LogP contribution in [0.3, 0.4) is 0 Å². The van der Waals surface area contributed by atoms with Crippen molar-refractivity contribution in [1.29, 1.82) is 0 Å². The van der Waals surface area contributed by atoms with E-state index < -0.39 is 0 Å². The monoisotopic (exact) mass is 435 g/mol. The Hall–Kier alpha value is -3.16. The first kappa shape index (κ1) is 20.1. The zero-order valence-electron chi connectivity index (χ0n) is 16.1. The first-order valence-electron chi connectivity index (χ1n) is 9.19. The minimum Gasteiger partial charge on any atom is -0.305 e. The van der Waals surface area contributed by atoms with Crippen LogP contribution < -0.4 is 5.43 Å². The molecule has 0 aliphatic carbocycles. The zero-order chi connectivity index (χ0) is 20.9. The normalized spacial score (nSPS) is 11.3. The Labute approximate surface area is 183 Å². The van der Waals surface area contributed by atoms with Crippen molar-refractivity contribution >= 4 is 46.3 Å². The Morgan fingerprint density at radius 2 is 1.87 bits per heavy atom. The van der Waals surface area contributed by atoms with Crippen LogP contribution in [0.25, 0.3) is 22.2 Å². The van der Waals surface area contributed by atoms with Crippen LogP contribution in [-0.2, 0) is 11.8 Å². The van der Waals surface area contributed by atoms with Crippen LogP contribution in [0.15, 0.2) is 77.0 Å². The maximum Gasteiger partial charge on any atom is 0.250 e. The maximum absolute atomic E-state index is 12.2. The van der Waals surface area contributed by atoms with Crippen LogP contribution in [0.5, 0.6) is 0 Å². The van der Waals surface area contributed by atoms with Gasteiger partial charge in [0, 0.05) is 23.2 Å². The van der Waals surface area contributed by atoms with Crippen LogP contribution in [0, 0.1) is 0 Å². The number of thioether (sulfide) groups is 1. The molecular weight excluding hydrogens is 418 g/mol. The number of rotatable bonds is 6. The van der Waals surface area contributed by atoms with Crippen molar-refractivity contribution < 1.29 is 4.79 Å². The van der Waals surface area contributed by atoms with Gasteiger partial charge in [0.25, 0.3) is 5.91 Å². The van der Waals surface area contributed by atoms with E-state index in [-0.39, 0.29) is 11.7 Å². The Balaban J connectivity index is 1.36. The highest BCUT2D eigenvalue weighted by Crippen LogP contribution is 2.23. The van der Waals surface area contributed by atoms with Crippen molar-refractivity contribution in [3.05, 3.63) is 77.3 Å². The second-order valence-corrected chi connectivity index (χ2v) is 7.90. The third kappa shape index (κ3) is 4.53. The summed E-state index contributed by atoms with van der Waals surface area (Å²) >= 11 is 7.24. The average Bonchev–Trinajstić information content (AvgIpc) is 3.13. The quantitative estimate of drug-likeness (QED) is 0.274. The Bertz CT molecular complexity index is 1210. The predicted octanol–water partition coefficient (Wildman–Crippen LogP) is 4.53. The number of carbonyl (C=O) groups is 1. The second kappa shape index (κ2) is 9.11. The highest BCUT2D eigenvalue weighted by molar-refractivity contribution is 7.99. The van der Waals surface area contributed by atoms with Gasteiger partial charge in [-0.05, 0) is 35.0 Å². The molecular formula is C22H18ClN5OS. The molecule has 6 nitrogen and oxygen atoms in total. The lowest BCUT2D eigenvalue weighted by Crippen LogP contribution is -2.19.